The molecular weight excluding hydrogens is 377 g/mol. The molecule has 4 rings (SSSR count). The van der Waals surface area contributed by atoms with E-state index < -0.39 is 18.3 Å². The van der Waals surface area contributed by atoms with Crippen molar-refractivity contribution < 1.29 is 14.0 Å². The van der Waals surface area contributed by atoms with Crippen LogP contribution >= 0.6 is 0 Å². The number of benzene rings is 1. The molecule has 1 fully saturated rings. The zero-order valence-corrected chi connectivity index (χ0v) is 18.8. The van der Waals surface area contributed by atoms with E-state index in [9.17, 15) is 0 Å². The molecule has 0 radical (unpaired) electrons. The Morgan fingerprint density at radius 1 is 1.00 bits per heavy atom. The van der Waals surface area contributed by atoms with Gasteiger partial charge in [-0.2, -0.15) is 0 Å². The number of ether oxygens (including phenoxy) is 1. The largest absolute Gasteiger partial charge is 0.495 e. The van der Waals surface area contributed by atoms with E-state index in [1.54, 1.807) is 6.20 Å². The van der Waals surface area contributed by atoms with Crippen LogP contribution in [0.1, 0.15) is 66.3 Å². The fourth-order valence-electron chi connectivity index (χ4n) is 3.62. The molecule has 1 aliphatic heterocycles. The first kappa shape index (κ1) is 20.9. The molecule has 7 heteroatoms. The highest BCUT2D eigenvalue weighted by atomic mass is 16.7. The van der Waals surface area contributed by atoms with E-state index in [2.05, 4.69) is 56.1 Å². The van der Waals surface area contributed by atoms with Gasteiger partial charge in [-0.3, -0.25) is 4.98 Å². The maximum absolute atomic E-state index is 6.43. The van der Waals surface area contributed by atoms with Gasteiger partial charge in [0.2, 0.25) is 0 Å². The van der Waals surface area contributed by atoms with Crippen LogP contribution in [0.4, 0.5) is 0 Å². The van der Waals surface area contributed by atoms with E-state index in [0.717, 1.165) is 27.9 Å². The van der Waals surface area contributed by atoms with Crippen LogP contribution in [0.2, 0.25) is 0 Å². The molecule has 2 aromatic heterocycles. The highest BCUT2D eigenvalue weighted by molar-refractivity contribution is 6.62. The van der Waals surface area contributed by atoms with Crippen molar-refractivity contribution in [2.75, 3.05) is 0 Å². The second kappa shape index (κ2) is 7.39. The average Bonchev–Trinajstić information content (AvgIpc) is 3.20. The molecule has 30 heavy (non-hydrogen) atoms. The van der Waals surface area contributed by atoms with E-state index >= 15 is 0 Å². The summed E-state index contributed by atoms with van der Waals surface area (Å²) in [4.78, 5) is 9.08. The molecule has 0 spiro atoms. The van der Waals surface area contributed by atoms with Crippen LogP contribution in [0.3, 0.4) is 0 Å². The fourth-order valence-corrected chi connectivity index (χ4v) is 3.62. The van der Waals surface area contributed by atoms with Gasteiger partial charge in [-0.15, -0.1) is 0 Å². The van der Waals surface area contributed by atoms with Crippen LogP contribution in [-0.2, 0) is 9.31 Å². The van der Waals surface area contributed by atoms with Crippen LogP contribution in [-0.4, -0.2) is 32.9 Å². The Morgan fingerprint density at radius 3 is 2.30 bits per heavy atom. The molecule has 1 atom stereocenters. The molecule has 0 unspecified atom stereocenters. The van der Waals surface area contributed by atoms with Crippen molar-refractivity contribution in [3.8, 4) is 5.75 Å². The summed E-state index contributed by atoms with van der Waals surface area (Å²) in [6.45, 7) is 14.5. The number of hydrogen-bond acceptors (Lipinski definition) is 5. The molecule has 0 amide bonds. The first-order valence-corrected chi connectivity index (χ1v) is 10.5. The predicted molar refractivity (Wildman–Crippen MR) is 119 cm³/mol. The molecule has 0 bridgehead atoms. The predicted octanol–water partition coefficient (Wildman–Crippen LogP) is 4.45. The van der Waals surface area contributed by atoms with Gasteiger partial charge < -0.3 is 18.6 Å². The average molecular weight is 407 g/mol. The molecular formula is C23H30BN3O3. The summed E-state index contributed by atoms with van der Waals surface area (Å²) in [6, 6.07) is 10.2. The van der Waals surface area contributed by atoms with Gasteiger partial charge in [0.1, 0.15) is 17.4 Å². The fraction of sp³-hybridized carbons (Fsp3) is 0.478. The second-order valence-corrected chi connectivity index (χ2v) is 9.24. The van der Waals surface area contributed by atoms with Gasteiger partial charge in [0.15, 0.2) is 0 Å². The molecule has 1 aliphatic rings. The SMILES string of the molecule is CC(C)n1cnc2cc(B3OC(C)(C)C(C)(C)O3)cc(O[C@H](C)c3ccccn3)c21. The Hall–Kier alpha value is -2.38. The van der Waals surface area contributed by atoms with E-state index in [4.69, 9.17) is 14.0 Å². The third-order valence-electron chi connectivity index (χ3n) is 6.15. The lowest BCUT2D eigenvalue weighted by Gasteiger charge is -2.32. The first-order chi connectivity index (χ1) is 14.1. The van der Waals surface area contributed by atoms with E-state index in [1.807, 2.05) is 43.6 Å². The summed E-state index contributed by atoms with van der Waals surface area (Å²) in [5.41, 5.74) is 2.78. The standard InChI is InChI=1S/C23H30BN3O3/c1-15(2)27-14-26-19-12-17(24-29-22(4,5)23(6,7)30-24)13-20(21(19)27)28-16(3)18-10-8-9-11-25-18/h8-16H,1-7H3/t16-/m1/s1. The summed E-state index contributed by atoms with van der Waals surface area (Å²) >= 11 is 0. The molecule has 6 nitrogen and oxygen atoms in total. The highest BCUT2D eigenvalue weighted by Crippen LogP contribution is 2.37. The summed E-state index contributed by atoms with van der Waals surface area (Å²) in [5, 5.41) is 0. The molecule has 158 valence electrons. The molecule has 0 aliphatic carbocycles. The van der Waals surface area contributed by atoms with Gasteiger partial charge >= 0.3 is 7.12 Å². The zero-order chi connectivity index (χ0) is 21.7. The smallest absolute Gasteiger partial charge is 0.482 e. The summed E-state index contributed by atoms with van der Waals surface area (Å²) in [7, 11) is -0.476. The number of pyridine rings is 1. The van der Waals surface area contributed by atoms with Gasteiger partial charge in [0.05, 0.1) is 28.7 Å². The number of hydrogen-bond donors (Lipinski definition) is 0. The van der Waals surface area contributed by atoms with Crippen molar-refractivity contribution in [2.24, 2.45) is 0 Å². The third-order valence-corrected chi connectivity index (χ3v) is 6.15. The minimum Gasteiger partial charge on any atom is -0.482 e. The van der Waals surface area contributed by atoms with Crippen LogP contribution in [0, 0.1) is 0 Å². The summed E-state index contributed by atoms with van der Waals surface area (Å²) in [6.07, 6.45) is 3.43. The van der Waals surface area contributed by atoms with Crippen molar-refractivity contribution in [3.05, 3.63) is 48.5 Å². The van der Waals surface area contributed by atoms with Gasteiger partial charge in [-0.25, -0.2) is 4.98 Å². The Balaban J connectivity index is 1.78. The summed E-state index contributed by atoms with van der Waals surface area (Å²) in [5.74, 6) is 0.751. The molecule has 0 saturated carbocycles. The van der Waals surface area contributed by atoms with Gasteiger partial charge in [0.25, 0.3) is 0 Å². The number of rotatable bonds is 5. The number of fused-ring (bicyclic) bond motifs is 1. The maximum Gasteiger partial charge on any atom is 0.495 e. The first-order valence-electron chi connectivity index (χ1n) is 10.5. The third kappa shape index (κ3) is 3.61. The minimum atomic E-state index is -0.476. The molecule has 3 heterocycles. The molecule has 3 aromatic rings. The minimum absolute atomic E-state index is 0.210. The van der Waals surface area contributed by atoms with Gasteiger partial charge in [0, 0.05) is 12.2 Å². The van der Waals surface area contributed by atoms with Crippen LogP contribution < -0.4 is 10.2 Å². The normalized spacial score (nSPS) is 18.9. The van der Waals surface area contributed by atoms with Crippen molar-refractivity contribution in [2.45, 2.75) is 71.8 Å². The highest BCUT2D eigenvalue weighted by Gasteiger charge is 2.52. The second-order valence-electron chi connectivity index (χ2n) is 9.24. The molecule has 1 saturated heterocycles. The Kier molecular flexibility index (Phi) is 5.15. The number of nitrogens with zero attached hydrogens (tertiary/aromatic N) is 3. The lowest BCUT2D eigenvalue weighted by atomic mass is 9.78. The van der Waals surface area contributed by atoms with E-state index in [1.165, 1.54) is 0 Å². The quantitative estimate of drug-likeness (QED) is 0.585. The van der Waals surface area contributed by atoms with Crippen molar-refractivity contribution >= 4 is 23.6 Å². The van der Waals surface area contributed by atoms with Crippen LogP contribution in [0.25, 0.3) is 11.0 Å². The Labute approximate surface area is 178 Å². The van der Waals surface area contributed by atoms with Crippen LogP contribution in [0.5, 0.6) is 5.75 Å². The van der Waals surface area contributed by atoms with Crippen LogP contribution in [0.15, 0.2) is 42.9 Å². The van der Waals surface area contributed by atoms with E-state index in [0.29, 0.717) is 0 Å². The lowest BCUT2D eigenvalue weighted by Crippen LogP contribution is -2.41. The van der Waals surface area contributed by atoms with Gasteiger partial charge in [-0.05, 0) is 78.2 Å². The topological polar surface area (TPSA) is 58.4 Å². The lowest BCUT2D eigenvalue weighted by molar-refractivity contribution is 0.00578. The number of imidazole rings is 1. The number of aromatic nitrogens is 3. The summed E-state index contributed by atoms with van der Waals surface area (Å²) < 4.78 is 21.1. The molecule has 1 aromatic carbocycles. The van der Waals surface area contributed by atoms with Crippen molar-refractivity contribution in [1.82, 2.24) is 14.5 Å². The van der Waals surface area contributed by atoms with Gasteiger partial charge in [-0.1, -0.05) is 6.07 Å². The van der Waals surface area contributed by atoms with Crippen molar-refractivity contribution in [1.29, 1.82) is 0 Å². The monoisotopic (exact) mass is 407 g/mol. The Bertz CT molecular complexity index is 1030. The molecule has 0 N–H and O–H groups in total. The van der Waals surface area contributed by atoms with E-state index in [-0.39, 0.29) is 12.1 Å². The Morgan fingerprint density at radius 2 is 1.70 bits per heavy atom. The zero-order valence-electron chi connectivity index (χ0n) is 18.8. The maximum atomic E-state index is 6.43. The van der Waals surface area contributed by atoms with Crippen molar-refractivity contribution in [3.63, 3.8) is 0 Å².